The molecule has 0 saturated heterocycles. The summed E-state index contributed by atoms with van der Waals surface area (Å²) in [7, 11) is 1.62. The van der Waals surface area contributed by atoms with E-state index in [1.165, 1.54) is 0 Å². The molecule has 16 heavy (non-hydrogen) atoms. The van der Waals surface area contributed by atoms with E-state index >= 15 is 0 Å². The molecule has 0 spiro atoms. The van der Waals surface area contributed by atoms with Gasteiger partial charge in [-0.3, -0.25) is 5.43 Å². The first-order valence-corrected chi connectivity index (χ1v) is 5.16. The fraction of sp³-hybridized carbons (Fsp3) is 0.300. The highest BCUT2D eigenvalue weighted by molar-refractivity contribution is 6.30. The molecule has 5 nitrogen and oxygen atoms in total. The number of halogens is 1. The molecule has 0 aromatic heterocycles. The van der Waals surface area contributed by atoms with Gasteiger partial charge in [-0.25, -0.2) is 10.8 Å². The lowest BCUT2D eigenvalue weighted by atomic mass is 10.3. The van der Waals surface area contributed by atoms with Crippen molar-refractivity contribution in [2.75, 3.05) is 25.6 Å². The molecule has 0 radical (unpaired) electrons. The van der Waals surface area contributed by atoms with Gasteiger partial charge in [0.2, 0.25) is 5.96 Å². The zero-order valence-corrected chi connectivity index (χ0v) is 9.79. The number of aliphatic imine (C=N–C) groups is 1. The van der Waals surface area contributed by atoms with E-state index in [0.29, 0.717) is 24.1 Å². The van der Waals surface area contributed by atoms with Gasteiger partial charge in [0.25, 0.3) is 0 Å². The van der Waals surface area contributed by atoms with Crippen molar-refractivity contribution < 1.29 is 4.74 Å². The molecule has 1 aromatic carbocycles. The molecule has 0 aliphatic rings. The minimum absolute atomic E-state index is 0.472. The molecule has 1 aromatic rings. The van der Waals surface area contributed by atoms with E-state index in [0.717, 1.165) is 5.69 Å². The maximum atomic E-state index is 5.85. The Morgan fingerprint density at radius 1 is 1.56 bits per heavy atom. The van der Waals surface area contributed by atoms with Gasteiger partial charge < -0.3 is 10.1 Å². The Balaban J connectivity index is 2.59. The molecule has 0 heterocycles. The lowest BCUT2D eigenvalue weighted by Gasteiger charge is -2.09. The van der Waals surface area contributed by atoms with Crippen LogP contribution in [0.25, 0.3) is 0 Å². The van der Waals surface area contributed by atoms with Crippen LogP contribution in [-0.2, 0) is 4.74 Å². The van der Waals surface area contributed by atoms with Crippen LogP contribution in [-0.4, -0.2) is 26.2 Å². The molecule has 0 aliphatic heterocycles. The summed E-state index contributed by atoms with van der Waals surface area (Å²) in [6, 6.07) is 7.29. The van der Waals surface area contributed by atoms with Crippen LogP contribution in [0.15, 0.2) is 29.3 Å². The smallest absolute Gasteiger partial charge is 0.210 e. The molecule has 0 amide bonds. The molecule has 6 heteroatoms. The van der Waals surface area contributed by atoms with Crippen molar-refractivity contribution in [3.63, 3.8) is 0 Å². The van der Waals surface area contributed by atoms with Crippen molar-refractivity contribution in [2.24, 2.45) is 10.8 Å². The van der Waals surface area contributed by atoms with Crippen LogP contribution in [0.2, 0.25) is 5.02 Å². The zero-order chi connectivity index (χ0) is 11.8. The van der Waals surface area contributed by atoms with Crippen LogP contribution in [0.3, 0.4) is 0 Å². The van der Waals surface area contributed by atoms with Crippen molar-refractivity contribution in [1.82, 2.24) is 5.43 Å². The Bertz CT molecular complexity index is 356. The summed E-state index contributed by atoms with van der Waals surface area (Å²) < 4.78 is 4.88. The van der Waals surface area contributed by atoms with Gasteiger partial charge in [-0.2, -0.15) is 0 Å². The maximum Gasteiger partial charge on any atom is 0.210 e. The van der Waals surface area contributed by atoms with Gasteiger partial charge in [-0.15, -0.1) is 0 Å². The van der Waals surface area contributed by atoms with Crippen molar-refractivity contribution in [3.8, 4) is 0 Å². The summed E-state index contributed by atoms with van der Waals surface area (Å²) in [6.45, 7) is 1.08. The number of hydrogen-bond acceptors (Lipinski definition) is 3. The largest absolute Gasteiger partial charge is 0.383 e. The van der Waals surface area contributed by atoms with E-state index in [1.54, 1.807) is 19.2 Å². The number of anilines is 1. The second kappa shape index (κ2) is 7.05. The molecular formula is C10H15ClN4O. The molecule has 0 fully saturated rings. The third-order valence-corrected chi connectivity index (χ3v) is 2.02. The fourth-order valence-electron chi connectivity index (χ4n) is 1.07. The van der Waals surface area contributed by atoms with Gasteiger partial charge in [-0.1, -0.05) is 17.7 Å². The van der Waals surface area contributed by atoms with Gasteiger partial charge >= 0.3 is 0 Å². The summed E-state index contributed by atoms with van der Waals surface area (Å²) in [5.41, 5.74) is 3.29. The van der Waals surface area contributed by atoms with Crippen LogP contribution < -0.4 is 16.6 Å². The number of nitrogens with two attached hydrogens (primary N) is 1. The Kier molecular flexibility index (Phi) is 5.63. The van der Waals surface area contributed by atoms with E-state index in [4.69, 9.17) is 22.2 Å². The number of hydrogen-bond donors (Lipinski definition) is 3. The molecule has 1 rings (SSSR count). The quantitative estimate of drug-likeness (QED) is 0.244. The highest BCUT2D eigenvalue weighted by atomic mass is 35.5. The number of rotatable bonds is 4. The topological polar surface area (TPSA) is 71.7 Å². The number of hydrazine groups is 1. The molecule has 0 aliphatic carbocycles. The SMILES string of the molecule is COCCN=C(NN)Nc1cccc(Cl)c1. The lowest BCUT2D eigenvalue weighted by molar-refractivity contribution is 0.208. The number of benzene rings is 1. The zero-order valence-electron chi connectivity index (χ0n) is 9.03. The molecular weight excluding hydrogens is 228 g/mol. The molecule has 4 N–H and O–H groups in total. The summed E-state index contributed by atoms with van der Waals surface area (Å²) >= 11 is 5.85. The highest BCUT2D eigenvalue weighted by Crippen LogP contribution is 2.14. The van der Waals surface area contributed by atoms with Gasteiger partial charge in [-0.05, 0) is 18.2 Å². The van der Waals surface area contributed by atoms with E-state index in [1.807, 2.05) is 12.1 Å². The van der Waals surface area contributed by atoms with Crippen LogP contribution >= 0.6 is 11.6 Å². The average Bonchev–Trinajstić information content (AvgIpc) is 2.28. The predicted molar refractivity (Wildman–Crippen MR) is 66.6 cm³/mol. The summed E-state index contributed by atoms with van der Waals surface area (Å²) in [4.78, 5) is 4.16. The number of ether oxygens (including phenoxy) is 1. The minimum atomic E-state index is 0.472. The third-order valence-electron chi connectivity index (χ3n) is 1.79. The van der Waals surface area contributed by atoms with Crippen molar-refractivity contribution in [2.45, 2.75) is 0 Å². The van der Waals surface area contributed by atoms with Crippen LogP contribution in [0.4, 0.5) is 5.69 Å². The van der Waals surface area contributed by atoms with E-state index < -0.39 is 0 Å². The van der Waals surface area contributed by atoms with Gasteiger partial charge in [0.1, 0.15) is 0 Å². The van der Waals surface area contributed by atoms with Gasteiger partial charge in [0.05, 0.1) is 13.2 Å². The summed E-state index contributed by atoms with van der Waals surface area (Å²) in [6.07, 6.45) is 0. The number of nitrogens with one attached hydrogen (secondary N) is 2. The van der Waals surface area contributed by atoms with E-state index in [2.05, 4.69) is 15.7 Å². The first-order valence-electron chi connectivity index (χ1n) is 4.79. The fourth-order valence-corrected chi connectivity index (χ4v) is 1.26. The van der Waals surface area contributed by atoms with Crippen LogP contribution in [0.1, 0.15) is 0 Å². The summed E-state index contributed by atoms with van der Waals surface area (Å²) in [5.74, 6) is 5.80. The maximum absolute atomic E-state index is 5.85. The Morgan fingerprint density at radius 3 is 3.00 bits per heavy atom. The Morgan fingerprint density at radius 2 is 2.38 bits per heavy atom. The molecule has 0 bridgehead atoms. The third kappa shape index (κ3) is 4.48. The number of nitrogens with zero attached hydrogens (tertiary/aromatic N) is 1. The second-order valence-electron chi connectivity index (χ2n) is 3.00. The standard InChI is InChI=1S/C10H15ClN4O/c1-16-6-5-13-10(15-12)14-9-4-2-3-8(11)7-9/h2-4,7H,5-6,12H2,1H3,(H2,13,14,15). The minimum Gasteiger partial charge on any atom is -0.383 e. The predicted octanol–water partition coefficient (Wildman–Crippen LogP) is 1.22. The molecule has 0 atom stereocenters. The first-order chi connectivity index (χ1) is 7.76. The monoisotopic (exact) mass is 242 g/mol. The van der Waals surface area contributed by atoms with E-state index in [9.17, 15) is 0 Å². The molecule has 0 saturated carbocycles. The normalized spacial score (nSPS) is 11.3. The first kappa shape index (κ1) is 12.8. The van der Waals surface area contributed by atoms with Crippen molar-refractivity contribution >= 4 is 23.2 Å². The van der Waals surface area contributed by atoms with Crippen molar-refractivity contribution in [1.29, 1.82) is 0 Å². The van der Waals surface area contributed by atoms with Gasteiger partial charge in [0.15, 0.2) is 0 Å². The lowest BCUT2D eigenvalue weighted by Crippen LogP contribution is -2.36. The molecule has 88 valence electrons. The highest BCUT2D eigenvalue weighted by Gasteiger charge is 1.97. The van der Waals surface area contributed by atoms with Crippen LogP contribution in [0, 0.1) is 0 Å². The van der Waals surface area contributed by atoms with Crippen molar-refractivity contribution in [3.05, 3.63) is 29.3 Å². The van der Waals surface area contributed by atoms with E-state index in [-0.39, 0.29) is 0 Å². The Hall–Kier alpha value is -1.30. The average molecular weight is 243 g/mol. The second-order valence-corrected chi connectivity index (χ2v) is 3.44. The van der Waals surface area contributed by atoms with Crippen LogP contribution in [0.5, 0.6) is 0 Å². The molecule has 0 unspecified atom stereocenters. The Labute approximate surface area is 99.6 Å². The summed E-state index contributed by atoms with van der Waals surface area (Å²) in [5, 5.41) is 3.65. The number of methoxy groups -OCH3 is 1. The number of guanidine groups is 1. The van der Waals surface area contributed by atoms with Gasteiger partial charge in [0, 0.05) is 17.8 Å².